The van der Waals surface area contributed by atoms with Gasteiger partial charge in [-0.2, -0.15) is 0 Å². The number of benzene rings is 1. The number of nitrogens with zero attached hydrogens (tertiary/aromatic N) is 3. The fraction of sp³-hybridized carbons (Fsp3) is 0.667. The van der Waals surface area contributed by atoms with Gasteiger partial charge in [0.25, 0.3) is 0 Å². The van der Waals surface area contributed by atoms with E-state index in [1.807, 2.05) is 6.92 Å². The Morgan fingerprint density at radius 3 is 2.50 bits per heavy atom. The SMILES string of the molecule is CCN=C(NC1CC1c1c(F)cccc1F)N1CCC(CN(CC)CC)C1.I. The van der Waals surface area contributed by atoms with Gasteiger partial charge in [0.1, 0.15) is 11.6 Å². The zero-order chi connectivity index (χ0) is 19.4. The lowest BCUT2D eigenvalue weighted by Crippen LogP contribution is -2.42. The van der Waals surface area contributed by atoms with E-state index >= 15 is 0 Å². The van der Waals surface area contributed by atoms with E-state index in [0.717, 1.165) is 51.5 Å². The minimum atomic E-state index is -0.446. The molecule has 2 fully saturated rings. The molecule has 3 unspecified atom stereocenters. The minimum Gasteiger partial charge on any atom is -0.353 e. The summed E-state index contributed by atoms with van der Waals surface area (Å²) in [6, 6.07) is 4.16. The number of likely N-dealkylation sites (tertiary alicyclic amines) is 1. The molecular formula is C21H33F2IN4. The highest BCUT2D eigenvalue weighted by Gasteiger charge is 2.43. The first-order chi connectivity index (χ1) is 13.1. The van der Waals surface area contributed by atoms with Crippen molar-refractivity contribution in [1.29, 1.82) is 0 Å². The van der Waals surface area contributed by atoms with Crippen LogP contribution in [0, 0.1) is 17.6 Å². The Labute approximate surface area is 184 Å². The van der Waals surface area contributed by atoms with Crippen LogP contribution in [0.3, 0.4) is 0 Å². The molecule has 0 spiro atoms. The Balaban J connectivity index is 0.00000280. The third-order valence-corrected chi connectivity index (χ3v) is 5.78. The number of guanidine groups is 1. The van der Waals surface area contributed by atoms with Gasteiger partial charge in [0, 0.05) is 43.7 Å². The average Bonchev–Trinajstić information content (AvgIpc) is 3.23. The van der Waals surface area contributed by atoms with Crippen molar-refractivity contribution in [3.8, 4) is 0 Å². The molecule has 1 aliphatic heterocycles. The van der Waals surface area contributed by atoms with Crippen LogP contribution in [0.2, 0.25) is 0 Å². The van der Waals surface area contributed by atoms with Gasteiger partial charge in [0.2, 0.25) is 0 Å². The van der Waals surface area contributed by atoms with Gasteiger partial charge in [0.05, 0.1) is 0 Å². The highest BCUT2D eigenvalue weighted by atomic mass is 127. The van der Waals surface area contributed by atoms with Gasteiger partial charge in [-0.15, -0.1) is 24.0 Å². The predicted molar refractivity (Wildman–Crippen MR) is 121 cm³/mol. The summed E-state index contributed by atoms with van der Waals surface area (Å²) in [4.78, 5) is 9.42. The van der Waals surface area contributed by atoms with Crippen LogP contribution in [-0.4, -0.2) is 61.1 Å². The number of hydrogen-bond acceptors (Lipinski definition) is 2. The summed E-state index contributed by atoms with van der Waals surface area (Å²) in [6.45, 7) is 12.4. The first-order valence-electron chi connectivity index (χ1n) is 10.3. The Hall–Kier alpha value is -0.960. The summed E-state index contributed by atoms with van der Waals surface area (Å²) in [6.07, 6.45) is 1.91. The van der Waals surface area contributed by atoms with Gasteiger partial charge in [-0.3, -0.25) is 4.99 Å². The number of halogens is 3. The molecule has 158 valence electrons. The predicted octanol–water partition coefficient (Wildman–Crippen LogP) is 4.07. The van der Waals surface area contributed by atoms with Crippen LogP contribution in [0.25, 0.3) is 0 Å². The quantitative estimate of drug-likeness (QED) is 0.344. The maximum absolute atomic E-state index is 14.0. The van der Waals surface area contributed by atoms with Crippen molar-refractivity contribution in [2.24, 2.45) is 10.9 Å². The van der Waals surface area contributed by atoms with Gasteiger partial charge >= 0.3 is 0 Å². The molecule has 1 saturated carbocycles. The van der Waals surface area contributed by atoms with Crippen molar-refractivity contribution < 1.29 is 8.78 Å². The van der Waals surface area contributed by atoms with Crippen molar-refractivity contribution in [2.75, 3.05) is 39.3 Å². The average molecular weight is 506 g/mol. The Bertz CT molecular complexity index is 646. The van der Waals surface area contributed by atoms with Gasteiger partial charge in [-0.1, -0.05) is 19.9 Å². The van der Waals surface area contributed by atoms with Crippen molar-refractivity contribution in [3.05, 3.63) is 35.4 Å². The molecule has 0 amide bonds. The van der Waals surface area contributed by atoms with Crippen molar-refractivity contribution >= 4 is 29.9 Å². The van der Waals surface area contributed by atoms with E-state index in [9.17, 15) is 8.78 Å². The van der Waals surface area contributed by atoms with Crippen molar-refractivity contribution in [1.82, 2.24) is 15.1 Å². The summed E-state index contributed by atoms with van der Waals surface area (Å²) in [7, 11) is 0. The smallest absolute Gasteiger partial charge is 0.194 e. The van der Waals surface area contributed by atoms with Gasteiger partial charge in [0.15, 0.2) is 5.96 Å². The lowest BCUT2D eigenvalue weighted by Gasteiger charge is -2.24. The van der Waals surface area contributed by atoms with Crippen LogP contribution in [0.15, 0.2) is 23.2 Å². The fourth-order valence-corrected chi connectivity index (χ4v) is 4.11. The molecule has 0 bridgehead atoms. The number of rotatable bonds is 7. The zero-order valence-electron chi connectivity index (χ0n) is 17.1. The molecule has 1 aromatic rings. The Morgan fingerprint density at radius 1 is 1.21 bits per heavy atom. The zero-order valence-corrected chi connectivity index (χ0v) is 19.5. The molecule has 0 aromatic heterocycles. The van der Waals surface area contributed by atoms with E-state index in [2.05, 4.69) is 34.0 Å². The summed E-state index contributed by atoms with van der Waals surface area (Å²) >= 11 is 0. The van der Waals surface area contributed by atoms with Crippen LogP contribution in [0.1, 0.15) is 45.1 Å². The molecule has 4 nitrogen and oxygen atoms in total. The van der Waals surface area contributed by atoms with E-state index in [1.54, 1.807) is 0 Å². The molecule has 1 heterocycles. The van der Waals surface area contributed by atoms with Gasteiger partial charge in [-0.25, -0.2) is 8.78 Å². The molecule has 2 aliphatic rings. The minimum absolute atomic E-state index is 0. The largest absolute Gasteiger partial charge is 0.353 e. The number of hydrogen-bond donors (Lipinski definition) is 1. The molecule has 0 radical (unpaired) electrons. The normalized spacial score (nSPS) is 24.4. The topological polar surface area (TPSA) is 30.9 Å². The van der Waals surface area contributed by atoms with Crippen LogP contribution >= 0.6 is 24.0 Å². The van der Waals surface area contributed by atoms with Crippen LogP contribution < -0.4 is 5.32 Å². The van der Waals surface area contributed by atoms with Crippen molar-refractivity contribution in [2.45, 2.75) is 45.6 Å². The Kier molecular flexibility index (Phi) is 8.92. The van der Waals surface area contributed by atoms with E-state index in [0.29, 0.717) is 12.5 Å². The van der Waals surface area contributed by atoms with Gasteiger partial charge in [-0.05, 0) is 50.9 Å². The fourth-order valence-electron chi connectivity index (χ4n) is 4.11. The third-order valence-electron chi connectivity index (χ3n) is 5.78. The molecule has 28 heavy (non-hydrogen) atoms. The van der Waals surface area contributed by atoms with Crippen LogP contribution in [0.4, 0.5) is 8.78 Å². The number of nitrogens with one attached hydrogen (secondary N) is 1. The second-order valence-corrected chi connectivity index (χ2v) is 7.61. The van der Waals surface area contributed by atoms with Crippen LogP contribution in [0.5, 0.6) is 0 Å². The summed E-state index contributed by atoms with van der Waals surface area (Å²) < 4.78 is 28.1. The van der Waals surface area contributed by atoms with E-state index in [4.69, 9.17) is 0 Å². The monoisotopic (exact) mass is 506 g/mol. The standard InChI is InChI=1S/C21H32F2N4.HI/c1-4-24-21(27-11-10-15(14-27)13-26(5-2)6-3)25-19-12-16(19)20-17(22)8-7-9-18(20)23;/h7-9,15-16,19H,4-6,10-14H2,1-3H3,(H,24,25);1H. The molecule has 1 aromatic carbocycles. The van der Waals surface area contributed by atoms with Crippen molar-refractivity contribution in [3.63, 3.8) is 0 Å². The maximum atomic E-state index is 14.0. The molecular weight excluding hydrogens is 473 g/mol. The van der Waals surface area contributed by atoms with E-state index in [1.165, 1.54) is 18.2 Å². The lowest BCUT2D eigenvalue weighted by atomic mass is 10.1. The second kappa shape index (κ2) is 10.7. The highest BCUT2D eigenvalue weighted by molar-refractivity contribution is 14.0. The first-order valence-corrected chi connectivity index (χ1v) is 10.3. The lowest BCUT2D eigenvalue weighted by molar-refractivity contribution is 0.255. The molecule has 1 saturated heterocycles. The second-order valence-electron chi connectivity index (χ2n) is 7.61. The highest BCUT2D eigenvalue weighted by Crippen LogP contribution is 2.43. The first kappa shape index (κ1) is 23.3. The molecule has 3 atom stereocenters. The van der Waals surface area contributed by atoms with Gasteiger partial charge < -0.3 is 15.1 Å². The summed E-state index contributed by atoms with van der Waals surface area (Å²) in [5, 5.41) is 3.47. The summed E-state index contributed by atoms with van der Waals surface area (Å²) in [5.41, 5.74) is 0.215. The van der Waals surface area contributed by atoms with Crippen LogP contribution in [-0.2, 0) is 0 Å². The summed E-state index contributed by atoms with van der Waals surface area (Å²) in [5.74, 6) is 0.538. The number of aliphatic imine (C=N–C) groups is 1. The Morgan fingerprint density at radius 2 is 1.89 bits per heavy atom. The third kappa shape index (κ3) is 5.55. The molecule has 7 heteroatoms. The molecule has 1 N–H and O–H groups in total. The molecule has 1 aliphatic carbocycles. The van der Waals surface area contributed by atoms with E-state index < -0.39 is 11.6 Å². The maximum Gasteiger partial charge on any atom is 0.194 e. The molecule has 3 rings (SSSR count). The van der Waals surface area contributed by atoms with E-state index in [-0.39, 0.29) is 41.5 Å².